The number of anilines is 1. The van der Waals surface area contributed by atoms with E-state index in [2.05, 4.69) is 21.7 Å². The number of nitriles is 1. The Labute approximate surface area is 163 Å². The zero-order valence-corrected chi connectivity index (χ0v) is 16.0. The van der Waals surface area contributed by atoms with Gasteiger partial charge < -0.3 is 15.3 Å². The van der Waals surface area contributed by atoms with Crippen LogP contribution in [-0.2, 0) is 4.79 Å². The highest BCUT2D eigenvalue weighted by Gasteiger charge is 2.23. The summed E-state index contributed by atoms with van der Waals surface area (Å²) in [6.07, 6.45) is 3.90. The average Bonchev–Trinajstić information content (AvgIpc) is 3.18. The monoisotopic (exact) mass is 384 g/mol. The fraction of sp³-hybridized carbons (Fsp3) is 0.450. The van der Waals surface area contributed by atoms with E-state index < -0.39 is 5.97 Å². The Kier molecular flexibility index (Phi) is 6.80. The SMILES string of the molecule is N#Cc1ccc(-c2csc(N(CCCCC(=O)O)C3CCNCC3)n2)cc1. The van der Waals surface area contributed by atoms with Gasteiger partial charge in [0.2, 0.25) is 0 Å². The van der Waals surface area contributed by atoms with Gasteiger partial charge in [0, 0.05) is 30.0 Å². The zero-order chi connectivity index (χ0) is 19.1. The summed E-state index contributed by atoms with van der Waals surface area (Å²) in [5, 5.41) is 24.3. The summed E-state index contributed by atoms with van der Waals surface area (Å²) in [6, 6.07) is 10.1. The number of aliphatic carboxylic acids is 1. The number of piperidine rings is 1. The number of aromatic nitrogens is 1. The predicted octanol–water partition coefficient (Wildman–Crippen LogP) is 3.50. The van der Waals surface area contributed by atoms with E-state index in [1.54, 1.807) is 11.3 Å². The lowest BCUT2D eigenvalue weighted by Gasteiger charge is -2.34. The summed E-state index contributed by atoms with van der Waals surface area (Å²) in [6.45, 7) is 2.84. The molecule has 0 unspecified atom stereocenters. The van der Waals surface area contributed by atoms with Crippen molar-refractivity contribution in [3.8, 4) is 17.3 Å². The van der Waals surface area contributed by atoms with E-state index in [1.807, 2.05) is 24.3 Å². The van der Waals surface area contributed by atoms with Crippen LogP contribution in [0.5, 0.6) is 0 Å². The molecule has 1 aromatic heterocycles. The Morgan fingerprint density at radius 3 is 2.70 bits per heavy atom. The molecule has 0 radical (unpaired) electrons. The minimum absolute atomic E-state index is 0.217. The van der Waals surface area contributed by atoms with Crippen molar-refractivity contribution in [2.75, 3.05) is 24.5 Å². The fourth-order valence-corrected chi connectivity index (χ4v) is 4.29. The maximum atomic E-state index is 10.8. The highest BCUT2D eigenvalue weighted by molar-refractivity contribution is 7.14. The third-order valence-electron chi connectivity index (χ3n) is 4.84. The lowest BCUT2D eigenvalue weighted by molar-refractivity contribution is -0.137. The Balaban J connectivity index is 1.73. The molecule has 0 saturated carbocycles. The number of rotatable bonds is 8. The van der Waals surface area contributed by atoms with Gasteiger partial charge in [-0.25, -0.2) is 4.98 Å². The molecule has 7 heteroatoms. The number of benzene rings is 1. The van der Waals surface area contributed by atoms with Gasteiger partial charge in [0.25, 0.3) is 0 Å². The van der Waals surface area contributed by atoms with E-state index in [-0.39, 0.29) is 6.42 Å². The standard InChI is InChI=1S/C20H24N4O2S/c21-13-15-4-6-16(7-5-15)18-14-27-20(23-18)24(12-2-1-3-19(25)26)17-8-10-22-11-9-17/h4-7,14,17,22H,1-3,8-12H2,(H,25,26). The number of carbonyl (C=O) groups is 1. The van der Waals surface area contributed by atoms with Crippen molar-refractivity contribution in [1.82, 2.24) is 10.3 Å². The molecule has 0 amide bonds. The molecule has 2 N–H and O–H groups in total. The summed E-state index contributed by atoms with van der Waals surface area (Å²) < 4.78 is 0. The highest BCUT2D eigenvalue weighted by Crippen LogP contribution is 2.30. The first-order chi connectivity index (χ1) is 13.2. The molecule has 1 fully saturated rings. The maximum absolute atomic E-state index is 10.8. The smallest absolute Gasteiger partial charge is 0.303 e. The lowest BCUT2D eigenvalue weighted by atomic mass is 10.0. The predicted molar refractivity (Wildman–Crippen MR) is 107 cm³/mol. The molecule has 1 saturated heterocycles. The topological polar surface area (TPSA) is 89.2 Å². The molecule has 142 valence electrons. The fourth-order valence-electron chi connectivity index (χ4n) is 3.36. The van der Waals surface area contributed by atoms with Gasteiger partial charge in [-0.15, -0.1) is 11.3 Å². The van der Waals surface area contributed by atoms with Crippen LogP contribution < -0.4 is 10.2 Å². The molecule has 2 aromatic rings. The second-order valence-corrected chi connectivity index (χ2v) is 7.57. The Hall–Kier alpha value is -2.43. The first-order valence-corrected chi connectivity index (χ1v) is 10.2. The average molecular weight is 385 g/mol. The highest BCUT2D eigenvalue weighted by atomic mass is 32.1. The number of nitrogens with one attached hydrogen (secondary N) is 1. The minimum Gasteiger partial charge on any atom is -0.481 e. The van der Waals surface area contributed by atoms with Crippen LogP contribution in [0.2, 0.25) is 0 Å². The van der Waals surface area contributed by atoms with Gasteiger partial charge in [-0.2, -0.15) is 5.26 Å². The Bertz CT molecular complexity index is 791. The molecule has 1 aliphatic rings. The largest absolute Gasteiger partial charge is 0.481 e. The van der Waals surface area contributed by atoms with Crippen LogP contribution in [0.3, 0.4) is 0 Å². The molecule has 1 aromatic carbocycles. The first-order valence-electron chi connectivity index (χ1n) is 9.32. The maximum Gasteiger partial charge on any atom is 0.303 e. The number of thiazole rings is 1. The van der Waals surface area contributed by atoms with Gasteiger partial charge in [-0.1, -0.05) is 12.1 Å². The molecule has 3 rings (SSSR count). The number of hydrogen-bond acceptors (Lipinski definition) is 6. The summed E-state index contributed by atoms with van der Waals surface area (Å²) >= 11 is 1.63. The van der Waals surface area contributed by atoms with Crippen LogP contribution in [0.15, 0.2) is 29.6 Å². The number of hydrogen-bond donors (Lipinski definition) is 2. The molecule has 0 aliphatic carbocycles. The first kappa shape index (κ1) is 19.3. The van der Waals surface area contributed by atoms with Gasteiger partial charge >= 0.3 is 5.97 Å². The van der Waals surface area contributed by atoms with Gasteiger partial charge in [-0.05, 0) is 50.9 Å². The van der Waals surface area contributed by atoms with Crippen molar-refractivity contribution in [2.24, 2.45) is 0 Å². The summed E-state index contributed by atoms with van der Waals surface area (Å²) in [7, 11) is 0. The third-order valence-corrected chi connectivity index (χ3v) is 5.71. The van der Waals surface area contributed by atoms with Gasteiger partial charge in [-0.3, -0.25) is 4.79 Å². The van der Waals surface area contributed by atoms with E-state index in [4.69, 9.17) is 15.4 Å². The normalized spacial score (nSPS) is 14.6. The van der Waals surface area contributed by atoms with Crippen molar-refractivity contribution in [1.29, 1.82) is 5.26 Å². The van der Waals surface area contributed by atoms with E-state index in [0.717, 1.165) is 55.3 Å². The second-order valence-electron chi connectivity index (χ2n) is 6.73. The Morgan fingerprint density at radius 2 is 2.04 bits per heavy atom. The summed E-state index contributed by atoms with van der Waals surface area (Å²) in [5.41, 5.74) is 2.57. The summed E-state index contributed by atoms with van der Waals surface area (Å²) in [5.74, 6) is -0.735. The second kappa shape index (κ2) is 9.49. The molecule has 1 aliphatic heterocycles. The summed E-state index contributed by atoms with van der Waals surface area (Å²) in [4.78, 5) is 18.0. The number of unbranched alkanes of at least 4 members (excludes halogenated alkanes) is 1. The van der Waals surface area contributed by atoms with Crippen molar-refractivity contribution < 1.29 is 9.90 Å². The van der Waals surface area contributed by atoms with Crippen LogP contribution in [0, 0.1) is 11.3 Å². The van der Waals surface area contributed by atoms with Crippen molar-refractivity contribution >= 4 is 22.4 Å². The number of carboxylic acids is 1. The van der Waals surface area contributed by atoms with Crippen LogP contribution in [0.4, 0.5) is 5.13 Å². The van der Waals surface area contributed by atoms with E-state index in [9.17, 15) is 4.79 Å². The van der Waals surface area contributed by atoms with Crippen LogP contribution in [0.25, 0.3) is 11.3 Å². The molecule has 27 heavy (non-hydrogen) atoms. The van der Waals surface area contributed by atoms with Crippen molar-refractivity contribution in [2.45, 2.75) is 38.1 Å². The van der Waals surface area contributed by atoms with Gasteiger partial charge in [0.1, 0.15) is 0 Å². The lowest BCUT2D eigenvalue weighted by Crippen LogP contribution is -2.43. The van der Waals surface area contributed by atoms with Crippen LogP contribution in [-0.4, -0.2) is 41.7 Å². The van der Waals surface area contributed by atoms with Gasteiger partial charge in [0.05, 0.1) is 17.3 Å². The minimum atomic E-state index is -0.735. The van der Waals surface area contributed by atoms with E-state index >= 15 is 0 Å². The van der Waals surface area contributed by atoms with Crippen LogP contribution in [0.1, 0.15) is 37.7 Å². The molecule has 0 spiro atoms. The van der Waals surface area contributed by atoms with E-state index in [1.165, 1.54) is 0 Å². The quantitative estimate of drug-likeness (QED) is 0.677. The number of nitrogens with zero attached hydrogens (tertiary/aromatic N) is 3. The Morgan fingerprint density at radius 1 is 1.30 bits per heavy atom. The zero-order valence-electron chi connectivity index (χ0n) is 15.2. The number of carboxylic acid groups (broad SMARTS) is 1. The van der Waals surface area contributed by atoms with Gasteiger partial charge in [0.15, 0.2) is 5.13 Å². The molecular weight excluding hydrogens is 360 g/mol. The molecular formula is C20H24N4O2S. The molecule has 0 atom stereocenters. The van der Waals surface area contributed by atoms with Crippen molar-refractivity contribution in [3.63, 3.8) is 0 Å². The molecule has 2 heterocycles. The van der Waals surface area contributed by atoms with Crippen LogP contribution >= 0.6 is 11.3 Å². The molecule has 0 bridgehead atoms. The third kappa shape index (κ3) is 5.28. The van der Waals surface area contributed by atoms with E-state index in [0.29, 0.717) is 18.0 Å². The van der Waals surface area contributed by atoms with Crippen molar-refractivity contribution in [3.05, 3.63) is 35.2 Å². The molecule has 6 nitrogen and oxygen atoms in total.